The van der Waals surface area contributed by atoms with E-state index in [-0.39, 0.29) is 5.78 Å². The quantitative estimate of drug-likeness (QED) is 0.804. The van der Waals surface area contributed by atoms with E-state index in [0.29, 0.717) is 11.1 Å². The fourth-order valence-electron chi connectivity index (χ4n) is 2.45. The highest BCUT2D eigenvalue weighted by molar-refractivity contribution is 6.01. The Kier molecular flexibility index (Phi) is 4.40. The maximum absolute atomic E-state index is 13.2. The summed E-state index contributed by atoms with van der Waals surface area (Å²) in [7, 11) is 0. The second-order valence-electron chi connectivity index (χ2n) is 5.21. The summed E-state index contributed by atoms with van der Waals surface area (Å²) in [6.45, 7) is 7.47. The molecule has 0 saturated heterocycles. The van der Waals surface area contributed by atoms with Crippen molar-refractivity contribution >= 4 is 5.78 Å². The van der Waals surface area contributed by atoms with Gasteiger partial charge in [0.05, 0.1) is 0 Å². The molecule has 3 heteroatoms. The van der Waals surface area contributed by atoms with Gasteiger partial charge in [0.15, 0.2) is 5.78 Å². The van der Waals surface area contributed by atoms with Crippen molar-refractivity contribution in [3.05, 3.63) is 97.1 Å². The van der Waals surface area contributed by atoms with Crippen LogP contribution < -0.4 is 11.5 Å². The van der Waals surface area contributed by atoms with Crippen molar-refractivity contribution in [2.24, 2.45) is 11.5 Å². The van der Waals surface area contributed by atoms with Crippen molar-refractivity contribution in [1.29, 1.82) is 0 Å². The molecule has 22 heavy (non-hydrogen) atoms. The molecule has 2 unspecified atom stereocenters. The molecule has 0 aliphatic rings. The zero-order valence-corrected chi connectivity index (χ0v) is 12.4. The lowest BCUT2D eigenvalue weighted by Crippen LogP contribution is -2.56. The van der Waals surface area contributed by atoms with Crippen molar-refractivity contribution in [1.82, 2.24) is 0 Å². The standard InChI is InChI=1S/C19H20N2O/c1-3-18(20,15-11-7-5-8-12-15)17(22)19(21,4-2)16-13-9-6-10-14-16/h3-14H,1-2,20-21H2. The Bertz CT molecular complexity index is 622. The van der Waals surface area contributed by atoms with Gasteiger partial charge in [-0.3, -0.25) is 4.79 Å². The summed E-state index contributed by atoms with van der Waals surface area (Å²) >= 11 is 0. The zero-order chi connectivity index (χ0) is 16.2. The van der Waals surface area contributed by atoms with Gasteiger partial charge in [0, 0.05) is 0 Å². The molecule has 112 valence electrons. The Labute approximate surface area is 131 Å². The van der Waals surface area contributed by atoms with Crippen LogP contribution in [0.2, 0.25) is 0 Å². The van der Waals surface area contributed by atoms with Crippen LogP contribution in [0.1, 0.15) is 11.1 Å². The highest BCUT2D eigenvalue weighted by Gasteiger charge is 2.44. The fraction of sp³-hybridized carbons (Fsp3) is 0.105. The number of hydrogen-bond acceptors (Lipinski definition) is 3. The van der Waals surface area contributed by atoms with Crippen LogP contribution in [0, 0.1) is 0 Å². The van der Waals surface area contributed by atoms with Crippen LogP contribution in [-0.2, 0) is 15.9 Å². The molecule has 0 aliphatic heterocycles. The minimum absolute atomic E-state index is 0.373. The number of ketones is 1. The lowest BCUT2D eigenvalue weighted by molar-refractivity contribution is -0.126. The topological polar surface area (TPSA) is 69.1 Å². The SMILES string of the molecule is C=CC(N)(C(=O)C(N)(C=C)c1ccccc1)c1ccccc1. The van der Waals surface area contributed by atoms with Crippen LogP contribution in [0.15, 0.2) is 86.0 Å². The minimum Gasteiger partial charge on any atom is -0.312 e. The minimum atomic E-state index is -1.39. The van der Waals surface area contributed by atoms with Crippen LogP contribution >= 0.6 is 0 Å². The first-order valence-electron chi connectivity index (χ1n) is 7.00. The number of carbonyl (C=O) groups excluding carboxylic acids is 1. The molecule has 0 saturated carbocycles. The molecule has 0 bridgehead atoms. The van der Waals surface area contributed by atoms with Crippen LogP contribution in [0.4, 0.5) is 0 Å². The van der Waals surface area contributed by atoms with Crippen molar-refractivity contribution in [2.75, 3.05) is 0 Å². The van der Waals surface area contributed by atoms with E-state index in [4.69, 9.17) is 11.5 Å². The number of hydrogen-bond donors (Lipinski definition) is 2. The molecule has 2 rings (SSSR count). The van der Waals surface area contributed by atoms with Gasteiger partial charge in [-0.2, -0.15) is 0 Å². The summed E-state index contributed by atoms with van der Waals surface area (Å²) < 4.78 is 0. The Hall–Kier alpha value is -2.49. The van der Waals surface area contributed by atoms with E-state index < -0.39 is 11.1 Å². The average molecular weight is 292 g/mol. The summed E-state index contributed by atoms with van der Waals surface area (Å²) in [4.78, 5) is 13.2. The second kappa shape index (κ2) is 6.10. The Morgan fingerprint density at radius 3 is 1.36 bits per heavy atom. The summed E-state index contributed by atoms with van der Waals surface area (Å²) in [5.41, 5.74) is 11.2. The molecule has 0 spiro atoms. The molecule has 2 aromatic rings. The lowest BCUT2D eigenvalue weighted by atomic mass is 9.74. The largest absolute Gasteiger partial charge is 0.312 e. The third kappa shape index (κ3) is 2.52. The molecular weight excluding hydrogens is 272 g/mol. The van der Waals surface area contributed by atoms with Gasteiger partial charge in [0.2, 0.25) is 0 Å². The molecule has 0 aromatic heterocycles. The molecule has 4 N–H and O–H groups in total. The van der Waals surface area contributed by atoms with Crippen LogP contribution in [0.3, 0.4) is 0 Å². The predicted octanol–water partition coefficient (Wildman–Crippen LogP) is 2.64. The van der Waals surface area contributed by atoms with E-state index >= 15 is 0 Å². The van der Waals surface area contributed by atoms with Gasteiger partial charge in [-0.1, -0.05) is 72.8 Å². The summed E-state index contributed by atoms with van der Waals surface area (Å²) in [6.07, 6.45) is 2.86. The molecular formula is C19H20N2O. The van der Waals surface area contributed by atoms with Gasteiger partial charge >= 0.3 is 0 Å². The number of rotatable bonds is 6. The molecule has 2 atom stereocenters. The molecule has 3 nitrogen and oxygen atoms in total. The summed E-state index contributed by atoms with van der Waals surface area (Å²) in [5.74, 6) is -0.373. The van der Waals surface area contributed by atoms with Gasteiger partial charge in [-0.25, -0.2) is 0 Å². The molecule has 0 amide bonds. The maximum Gasteiger partial charge on any atom is 0.189 e. The maximum atomic E-state index is 13.2. The summed E-state index contributed by atoms with van der Waals surface area (Å²) in [6, 6.07) is 18.1. The van der Waals surface area contributed by atoms with E-state index in [1.54, 1.807) is 24.3 Å². The van der Waals surface area contributed by atoms with E-state index in [0.717, 1.165) is 0 Å². The van der Waals surface area contributed by atoms with Gasteiger partial charge in [-0.15, -0.1) is 13.2 Å². The van der Waals surface area contributed by atoms with E-state index in [9.17, 15) is 4.79 Å². The van der Waals surface area contributed by atoms with E-state index in [1.807, 2.05) is 36.4 Å². The average Bonchev–Trinajstić information content (AvgIpc) is 2.61. The molecule has 0 radical (unpaired) electrons. The Morgan fingerprint density at radius 1 is 0.773 bits per heavy atom. The highest BCUT2D eigenvalue weighted by atomic mass is 16.1. The van der Waals surface area contributed by atoms with Crippen molar-refractivity contribution < 1.29 is 4.79 Å². The van der Waals surface area contributed by atoms with Gasteiger partial charge in [0.1, 0.15) is 11.1 Å². The number of carbonyl (C=O) groups is 1. The molecule has 0 heterocycles. The lowest BCUT2D eigenvalue weighted by Gasteiger charge is -2.34. The molecule has 0 fully saturated rings. The summed E-state index contributed by atoms with van der Waals surface area (Å²) in [5, 5.41) is 0. The second-order valence-corrected chi connectivity index (χ2v) is 5.21. The third-order valence-electron chi connectivity index (χ3n) is 3.90. The van der Waals surface area contributed by atoms with Crippen LogP contribution in [0.25, 0.3) is 0 Å². The Morgan fingerprint density at radius 2 is 1.09 bits per heavy atom. The smallest absolute Gasteiger partial charge is 0.189 e. The van der Waals surface area contributed by atoms with Gasteiger partial charge < -0.3 is 11.5 Å². The van der Waals surface area contributed by atoms with E-state index in [1.165, 1.54) is 12.2 Å². The predicted molar refractivity (Wildman–Crippen MR) is 90.0 cm³/mol. The van der Waals surface area contributed by atoms with Crippen LogP contribution in [0.5, 0.6) is 0 Å². The van der Waals surface area contributed by atoms with Crippen molar-refractivity contribution in [3.63, 3.8) is 0 Å². The first kappa shape index (κ1) is 15.9. The first-order valence-corrected chi connectivity index (χ1v) is 7.00. The third-order valence-corrected chi connectivity index (χ3v) is 3.90. The van der Waals surface area contributed by atoms with Gasteiger partial charge in [0.25, 0.3) is 0 Å². The number of Topliss-reactive ketones (excluding diaryl/α,β-unsaturated/α-hetero) is 1. The Balaban J connectivity index is 2.56. The van der Waals surface area contributed by atoms with Gasteiger partial charge in [-0.05, 0) is 11.1 Å². The highest BCUT2D eigenvalue weighted by Crippen LogP contribution is 2.31. The fourth-order valence-corrected chi connectivity index (χ4v) is 2.45. The number of nitrogens with two attached hydrogens (primary N) is 2. The normalized spacial score (nSPS) is 16.1. The van der Waals surface area contributed by atoms with Crippen molar-refractivity contribution in [3.8, 4) is 0 Å². The first-order chi connectivity index (χ1) is 10.5. The molecule has 2 aromatic carbocycles. The zero-order valence-electron chi connectivity index (χ0n) is 12.4. The van der Waals surface area contributed by atoms with Crippen molar-refractivity contribution in [2.45, 2.75) is 11.1 Å². The van der Waals surface area contributed by atoms with Crippen LogP contribution in [-0.4, -0.2) is 5.78 Å². The molecule has 0 aliphatic carbocycles. The van der Waals surface area contributed by atoms with E-state index in [2.05, 4.69) is 13.2 Å². The number of benzene rings is 2. The monoisotopic (exact) mass is 292 g/mol.